The van der Waals surface area contributed by atoms with E-state index in [4.69, 9.17) is 0 Å². The van der Waals surface area contributed by atoms with Crippen molar-refractivity contribution in [2.24, 2.45) is 0 Å². The Kier molecular flexibility index (Phi) is 4.53. The maximum atomic E-state index is 12.0. The number of thiophene rings is 1. The maximum absolute atomic E-state index is 12.0. The Bertz CT molecular complexity index is 463. The van der Waals surface area contributed by atoms with Crippen LogP contribution in [-0.4, -0.2) is 47.8 Å². The van der Waals surface area contributed by atoms with E-state index in [0.717, 1.165) is 18.0 Å². The molecule has 3 nitrogen and oxygen atoms in total. The van der Waals surface area contributed by atoms with Crippen LogP contribution in [0.1, 0.15) is 35.4 Å². The summed E-state index contributed by atoms with van der Waals surface area (Å²) in [4.78, 5) is 17.8. The van der Waals surface area contributed by atoms with Crippen molar-refractivity contribution in [1.82, 2.24) is 9.80 Å². The van der Waals surface area contributed by atoms with Crippen LogP contribution in [0, 0.1) is 0 Å². The van der Waals surface area contributed by atoms with Crippen molar-refractivity contribution in [2.45, 2.75) is 31.7 Å². The zero-order valence-corrected chi connectivity index (χ0v) is 12.6. The third-order valence-corrected chi connectivity index (χ3v) is 5.16. The fraction of sp³-hybridized carbons (Fsp3) is 0.562. The van der Waals surface area contributed by atoms with Crippen LogP contribution in [0.25, 0.3) is 0 Å². The van der Waals surface area contributed by atoms with Crippen LogP contribution in [-0.2, 0) is 0 Å². The molecule has 0 N–H and O–H groups in total. The van der Waals surface area contributed by atoms with Gasteiger partial charge in [-0.3, -0.25) is 4.79 Å². The molecule has 2 aliphatic rings. The van der Waals surface area contributed by atoms with Gasteiger partial charge in [-0.1, -0.05) is 6.07 Å². The van der Waals surface area contributed by atoms with Gasteiger partial charge in [-0.15, -0.1) is 11.3 Å². The average molecular weight is 290 g/mol. The van der Waals surface area contributed by atoms with Gasteiger partial charge in [0.05, 0.1) is 4.88 Å². The molecule has 0 saturated carbocycles. The second kappa shape index (κ2) is 6.55. The van der Waals surface area contributed by atoms with Crippen LogP contribution < -0.4 is 0 Å². The molecule has 0 aliphatic carbocycles. The number of nitrogens with zero attached hydrogens (tertiary/aromatic N) is 2. The Balaban J connectivity index is 1.56. The van der Waals surface area contributed by atoms with E-state index in [2.05, 4.69) is 9.80 Å². The average Bonchev–Trinajstić information content (AvgIpc) is 3.20. The van der Waals surface area contributed by atoms with Gasteiger partial charge < -0.3 is 9.80 Å². The number of carbonyl (C=O) groups is 1. The lowest BCUT2D eigenvalue weighted by atomic mass is 10.2. The quantitative estimate of drug-likeness (QED) is 0.615. The standard InChI is InChI=1S/C16H22N2OS/c19-15(16-6-4-12-20-16)7-11-18-10-3-5-14(18)13-17-8-1-2-9-17/h4,6-7,11-12,14H,1-3,5,8-10,13H2/t14-/m0/s1. The molecule has 0 bridgehead atoms. The highest BCUT2D eigenvalue weighted by molar-refractivity contribution is 7.12. The first kappa shape index (κ1) is 13.8. The van der Waals surface area contributed by atoms with Crippen molar-refractivity contribution in [3.63, 3.8) is 0 Å². The molecule has 0 spiro atoms. The van der Waals surface area contributed by atoms with Gasteiger partial charge in [0.2, 0.25) is 0 Å². The van der Waals surface area contributed by atoms with E-state index in [0.29, 0.717) is 6.04 Å². The highest BCUT2D eigenvalue weighted by Crippen LogP contribution is 2.21. The van der Waals surface area contributed by atoms with E-state index in [1.165, 1.54) is 50.1 Å². The van der Waals surface area contributed by atoms with E-state index in [9.17, 15) is 4.79 Å². The predicted molar refractivity (Wildman–Crippen MR) is 83.2 cm³/mol. The molecule has 2 aliphatic heterocycles. The van der Waals surface area contributed by atoms with Crippen LogP contribution >= 0.6 is 11.3 Å². The minimum atomic E-state index is 0.131. The Morgan fingerprint density at radius 2 is 2.15 bits per heavy atom. The molecule has 1 aromatic heterocycles. The number of rotatable bonds is 5. The smallest absolute Gasteiger partial charge is 0.197 e. The predicted octanol–water partition coefficient (Wildman–Crippen LogP) is 3.00. The number of allylic oxidation sites excluding steroid dienone is 1. The number of likely N-dealkylation sites (tertiary alicyclic amines) is 2. The van der Waals surface area contributed by atoms with Crippen molar-refractivity contribution in [3.8, 4) is 0 Å². The van der Waals surface area contributed by atoms with Gasteiger partial charge >= 0.3 is 0 Å². The molecule has 3 heterocycles. The van der Waals surface area contributed by atoms with Crippen molar-refractivity contribution >= 4 is 17.1 Å². The molecule has 4 heteroatoms. The minimum absolute atomic E-state index is 0.131. The molecule has 108 valence electrons. The first-order valence-corrected chi connectivity index (χ1v) is 8.45. The normalized spacial score (nSPS) is 24.0. The maximum Gasteiger partial charge on any atom is 0.197 e. The molecule has 0 radical (unpaired) electrons. The van der Waals surface area contributed by atoms with Crippen LogP contribution in [0.3, 0.4) is 0 Å². The first-order chi connectivity index (χ1) is 9.83. The summed E-state index contributed by atoms with van der Waals surface area (Å²) in [6.45, 7) is 4.76. The van der Waals surface area contributed by atoms with Crippen molar-refractivity contribution in [2.75, 3.05) is 26.2 Å². The van der Waals surface area contributed by atoms with E-state index < -0.39 is 0 Å². The summed E-state index contributed by atoms with van der Waals surface area (Å²) >= 11 is 1.51. The molecule has 0 amide bonds. The topological polar surface area (TPSA) is 23.6 Å². The fourth-order valence-electron chi connectivity index (χ4n) is 3.18. The summed E-state index contributed by atoms with van der Waals surface area (Å²) < 4.78 is 0. The second-order valence-electron chi connectivity index (χ2n) is 5.70. The lowest BCUT2D eigenvalue weighted by Gasteiger charge is -2.27. The number of ketones is 1. The molecular formula is C16H22N2OS. The third-order valence-electron chi connectivity index (χ3n) is 4.27. The summed E-state index contributed by atoms with van der Waals surface area (Å²) in [5.74, 6) is 0.131. The SMILES string of the molecule is O=C(C=CN1CCC[C@H]1CN1CCCC1)c1cccs1. The zero-order valence-electron chi connectivity index (χ0n) is 11.8. The summed E-state index contributed by atoms with van der Waals surface area (Å²) in [5, 5.41) is 1.95. The number of carbonyl (C=O) groups excluding carboxylic acids is 1. The van der Waals surface area contributed by atoms with Crippen molar-refractivity contribution < 1.29 is 4.79 Å². The third kappa shape index (κ3) is 3.30. The van der Waals surface area contributed by atoms with Gasteiger partial charge in [0, 0.05) is 31.4 Å². The van der Waals surface area contributed by atoms with E-state index in [1.54, 1.807) is 6.08 Å². The molecule has 1 atom stereocenters. The monoisotopic (exact) mass is 290 g/mol. The Hall–Kier alpha value is -1.13. The Morgan fingerprint density at radius 3 is 2.90 bits per heavy atom. The minimum Gasteiger partial charge on any atom is -0.373 e. The summed E-state index contributed by atoms with van der Waals surface area (Å²) in [6.07, 6.45) is 8.97. The largest absolute Gasteiger partial charge is 0.373 e. The molecule has 20 heavy (non-hydrogen) atoms. The molecular weight excluding hydrogens is 268 g/mol. The highest BCUT2D eigenvalue weighted by atomic mass is 32.1. The van der Waals surface area contributed by atoms with E-state index >= 15 is 0 Å². The van der Waals surface area contributed by atoms with Crippen LogP contribution in [0.5, 0.6) is 0 Å². The highest BCUT2D eigenvalue weighted by Gasteiger charge is 2.25. The van der Waals surface area contributed by atoms with Gasteiger partial charge in [-0.25, -0.2) is 0 Å². The van der Waals surface area contributed by atoms with Gasteiger partial charge in [0.1, 0.15) is 0 Å². The zero-order chi connectivity index (χ0) is 13.8. The van der Waals surface area contributed by atoms with Gasteiger partial charge in [0.15, 0.2) is 5.78 Å². The molecule has 2 saturated heterocycles. The fourth-order valence-corrected chi connectivity index (χ4v) is 3.82. The number of hydrogen-bond acceptors (Lipinski definition) is 4. The van der Waals surface area contributed by atoms with E-state index in [1.807, 2.05) is 23.7 Å². The summed E-state index contributed by atoms with van der Waals surface area (Å²) in [6, 6.07) is 4.42. The van der Waals surface area contributed by atoms with Crippen LogP contribution in [0.2, 0.25) is 0 Å². The molecule has 0 unspecified atom stereocenters. The summed E-state index contributed by atoms with van der Waals surface area (Å²) in [5.41, 5.74) is 0. The molecule has 0 aromatic carbocycles. The lowest BCUT2D eigenvalue weighted by molar-refractivity contribution is 0.104. The van der Waals surface area contributed by atoms with Crippen molar-refractivity contribution in [1.29, 1.82) is 0 Å². The lowest BCUT2D eigenvalue weighted by Crippen LogP contribution is -2.36. The van der Waals surface area contributed by atoms with Gasteiger partial charge in [0.25, 0.3) is 0 Å². The Morgan fingerprint density at radius 1 is 1.30 bits per heavy atom. The van der Waals surface area contributed by atoms with E-state index in [-0.39, 0.29) is 5.78 Å². The van der Waals surface area contributed by atoms with Crippen molar-refractivity contribution in [3.05, 3.63) is 34.7 Å². The first-order valence-electron chi connectivity index (χ1n) is 7.57. The van der Waals surface area contributed by atoms with Crippen LogP contribution in [0.4, 0.5) is 0 Å². The summed E-state index contributed by atoms with van der Waals surface area (Å²) in [7, 11) is 0. The molecule has 2 fully saturated rings. The van der Waals surface area contributed by atoms with Gasteiger partial charge in [-0.05, 0) is 50.2 Å². The Labute approximate surface area is 124 Å². The number of hydrogen-bond donors (Lipinski definition) is 0. The van der Waals surface area contributed by atoms with Gasteiger partial charge in [-0.2, -0.15) is 0 Å². The second-order valence-corrected chi connectivity index (χ2v) is 6.65. The molecule has 1 aromatic rings. The van der Waals surface area contributed by atoms with Crippen LogP contribution in [0.15, 0.2) is 29.8 Å². The molecule has 3 rings (SSSR count).